The number of hydrogen-bond donors (Lipinski definition) is 1. The van der Waals surface area contributed by atoms with Crippen molar-refractivity contribution in [2.75, 3.05) is 17.7 Å². The van der Waals surface area contributed by atoms with E-state index in [1.807, 2.05) is 6.07 Å². The number of rotatable bonds is 5. The van der Waals surface area contributed by atoms with Crippen molar-refractivity contribution in [1.82, 2.24) is 4.98 Å². The molecule has 1 heterocycles. The number of alkyl halides is 1. The van der Waals surface area contributed by atoms with Crippen molar-refractivity contribution < 1.29 is 0 Å². The normalized spacial score (nSPS) is 10.2. The Labute approximate surface area is 102 Å². The minimum atomic E-state index is 0.628. The van der Waals surface area contributed by atoms with E-state index in [2.05, 4.69) is 26.2 Å². The average Bonchev–Trinajstić information content (AvgIpc) is 2.15. The molecule has 1 N–H and O–H groups in total. The summed E-state index contributed by atoms with van der Waals surface area (Å²) in [6, 6.07) is 1.82. The number of hydrogen-bond acceptors (Lipinski definition) is 2. The highest BCUT2D eigenvalue weighted by Crippen LogP contribution is 2.22. The molecule has 2 nitrogen and oxygen atoms in total. The lowest BCUT2D eigenvalue weighted by molar-refractivity contribution is 0.835. The van der Waals surface area contributed by atoms with Crippen LogP contribution in [0.15, 0.2) is 16.7 Å². The number of nitrogens with one attached hydrogen (secondary N) is 1. The molecule has 0 radical (unpaired) electrons. The first kappa shape index (κ1) is 12.1. The molecule has 0 bridgehead atoms. The van der Waals surface area contributed by atoms with Gasteiger partial charge in [0.2, 0.25) is 0 Å². The van der Waals surface area contributed by atoms with E-state index in [9.17, 15) is 0 Å². The van der Waals surface area contributed by atoms with Crippen LogP contribution in [0.4, 0.5) is 5.82 Å². The summed E-state index contributed by atoms with van der Waals surface area (Å²) in [5, 5.41) is 3.83. The highest BCUT2D eigenvalue weighted by molar-refractivity contribution is 9.10. The number of nitrogens with zero attached hydrogens (tertiary/aromatic N) is 1. The Kier molecular flexibility index (Phi) is 5.60. The van der Waals surface area contributed by atoms with Gasteiger partial charge < -0.3 is 5.32 Å². The van der Waals surface area contributed by atoms with Crippen LogP contribution in [0, 0.1) is 0 Å². The smallest absolute Gasteiger partial charge is 0.140 e. The van der Waals surface area contributed by atoms with E-state index in [1.165, 1.54) is 0 Å². The molecule has 0 atom stereocenters. The molecular formula is C9H11BrCl2N2. The van der Waals surface area contributed by atoms with Crippen LogP contribution in [0.1, 0.15) is 12.8 Å². The largest absolute Gasteiger partial charge is 0.369 e. The number of anilines is 1. The Morgan fingerprint density at radius 3 is 2.86 bits per heavy atom. The van der Waals surface area contributed by atoms with Gasteiger partial charge in [0.25, 0.3) is 0 Å². The summed E-state index contributed by atoms with van der Waals surface area (Å²) in [5.41, 5.74) is 0. The maximum absolute atomic E-state index is 5.76. The van der Waals surface area contributed by atoms with Crippen molar-refractivity contribution in [3.63, 3.8) is 0 Å². The predicted octanol–water partition coefficient (Wildman–Crippen LogP) is 3.93. The zero-order valence-corrected chi connectivity index (χ0v) is 10.7. The maximum Gasteiger partial charge on any atom is 0.140 e. The van der Waals surface area contributed by atoms with Gasteiger partial charge in [0.05, 0.1) is 9.50 Å². The molecule has 0 amide bonds. The van der Waals surface area contributed by atoms with Gasteiger partial charge in [-0.3, -0.25) is 0 Å². The van der Waals surface area contributed by atoms with Gasteiger partial charge in [-0.05, 0) is 34.8 Å². The molecule has 0 saturated heterocycles. The summed E-state index contributed by atoms with van der Waals surface area (Å²) in [6.45, 7) is 0.875. The van der Waals surface area contributed by atoms with E-state index in [1.54, 1.807) is 6.20 Å². The van der Waals surface area contributed by atoms with Gasteiger partial charge in [0.1, 0.15) is 5.82 Å². The van der Waals surface area contributed by atoms with Crippen LogP contribution in [0.2, 0.25) is 5.02 Å². The minimum Gasteiger partial charge on any atom is -0.369 e. The molecule has 0 aliphatic rings. The summed E-state index contributed by atoms with van der Waals surface area (Å²) >= 11 is 14.7. The summed E-state index contributed by atoms with van der Waals surface area (Å²) < 4.78 is 0.885. The second kappa shape index (κ2) is 6.49. The van der Waals surface area contributed by atoms with Gasteiger partial charge in [-0.2, -0.15) is 0 Å². The lowest BCUT2D eigenvalue weighted by Crippen LogP contribution is -2.03. The fourth-order valence-electron chi connectivity index (χ4n) is 0.971. The molecular weight excluding hydrogens is 287 g/mol. The third-order valence-corrected chi connectivity index (χ3v) is 2.74. The minimum absolute atomic E-state index is 0.628. The molecule has 0 aliphatic heterocycles. The monoisotopic (exact) mass is 296 g/mol. The van der Waals surface area contributed by atoms with Gasteiger partial charge in [0.15, 0.2) is 0 Å². The van der Waals surface area contributed by atoms with Crippen molar-refractivity contribution in [2.24, 2.45) is 0 Å². The third kappa shape index (κ3) is 4.03. The molecule has 1 rings (SSSR count). The fourth-order valence-corrected chi connectivity index (χ4v) is 1.94. The maximum atomic E-state index is 5.76. The number of unbranched alkanes of at least 4 members (excludes halogenated alkanes) is 1. The van der Waals surface area contributed by atoms with Gasteiger partial charge in [-0.15, -0.1) is 11.6 Å². The highest BCUT2D eigenvalue weighted by Gasteiger charge is 2.00. The van der Waals surface area contributed by atoms with E-state index < -0.39 is 0 Å². The van der Waals surface area contributed by atoms with Gasteiger partial charge in [-0.1, -0.05) is 11.6 Å². The molecule has 0 fully saturated rings. The molecule has 5 heteroatoms. The number of halogens is 3. The highest BCUT2D eigenvalue weighted by atomic mass is 79.9. The van der Waals surface area contributed by atoms with Crippen LogP contribution in [0.5, 0.6) is 0 Å². The molecule has 0 unspecified atom stereocenters. The number of pyridine rings is 1. The first-order chi connectivity index (χ1) is 6.74. The Bertz CT molecular complexity index is 294. The summed E-state index contributed by atoms with van der Waals surface area (Å²) in [4.78, 5) is 4.15. The first-order valence-electron chi connectivity index (χ1n) is 4.35. The molecule has 14 heavy (non-hydrogen) atoms. The van der Waals surface area contributed by atoms with Crippen LogP contribution in [-0.2, 0) is 0 Å². The fraction of sp³-hybridized carbons (Fsp3) is 0.444. The van der Waals surface area contributed by atoms with Crippen molar-refractivity contribution in [3.05, 3.63) is 21.8 Å². The number of aromatic nitrogens is 1. The van der Waals surface area contributed by atoms with E-state index in [0.29, 0.717) is 10.9 Å². The first-order valence-corrected chi connectivity index (χ1v) is 6.05. The molecule has 1 aromatic rings. The second-order valence-electron chi connectivity index (χ2n) is 2.81. The molecule has 0 saturated carbocycles. The van der Waals surface area contributed by atoms with E-state index in [4.69, 9.17) is 23.2 Å². The predicted molar refractivity (Wildman–Crippen MR) is 65.4 cm³/mol. The molecule has 78 valence electrons. The summed E-state index contributed by atoms with van der Waals surface area (Å²) in [5.74, 6) is 1.53. The summed E-state index contributed by atoms with van der Waals surface area (Å²) in [7, 11) is 0. The lowest BCUT2D eigenvalue weighted by atomic mass is 10.3. The van der Waals surface area contributed by atoms with Crippen molar-refractivity contribution >= 4 is 44.9 Å². The standard InChI is InChI=1S/C9H11BrCl2N2/c10-8-5-7(12)6-14-9(8)13-4-2-1-3-11/h5-6H,1-4H2,(H,13,14). The Morgan fingerprint density at radius 2 is 2.21 bits per heavy atom. The third-order valence-electron chi connectivity index (χ3n) is 1.66. The Morgan fingerprint density at radius 1 is 1.43 bits per heavy atom. The average molecular weight is 298 g/mol. The topological polar surface area (TPSA) is 24.9 Å². The summed E-state index contributed by atoms with van der Waals surface area (Å²) in [6.07, 6.45) is 3.68. The van der Waals surface area contributed by atoms with E-state index in [-0.39, 0.29) is 0 Å². The van der Waals surface area contributed by atoms with Crippen LogP contribution in [0.25, 0.3) is 0 Å². The van der Waals surface area contributed by atoms with Crippen LogP contribution in [0.3, 0.4) is 0 Å². The van der Waals surface area contributed by atoms with E-state index in [0.717, 1.165) is 29.7 Å². The van der Waals surface area contributed by atoms with Crippen molar-refractivity contribution in [3.8, 4) is 0 Å². The quantitative estimate of drug-likeness (QED) is 0.658. The van der Waals surface area contributed by atoms with Crippen molar-refractivity contribution in [1.29, 1.82) is 0 Å². The second-order valence-corrected chi connectivity index (χ2v) is 4.48. The zero-order chi connectivity index (χ0) is 10.4. The molecule has 0 aliphatic carbocycles. The molecule has 0 aromatic carbocycles. The Balaban J connectivity index is 2.42. The molecule has 0 spiro atoms. The van der Waals surface area contributed by atoms with Gasteiger partial charge in [0, 0.05) is 18.6 Å². The van der Waals surface area contributed by atoms with Crippen LogP contribution >= 0.6 is 39.1 Å². The Hall–Kier alpha value is 0.01000. The van der Waals surface area contributed by atoms with Gasteiger partial charge >= 0.3 is 0 Å². The van der Waals surface area contributed by atoms with Crippen LogP contribution in [-0.4, -0.2) is 17.4 Å². The lowest BCUT2D eigenvalue weighted by Gasteiger charge is -2.06. The zero-order valence-electron chi connectivity index (χ0n) is 7.56. The van der Waals surface area contributed by atoms with Gasteiger partial charge in [-0.25, -0.2) is 4.98 Å². The van der Waals surface area contributed by atoms with Crippen molar-refractivity contribution in [2.45, 2.75) is 12.8 Å². The van der Waals surface area contributed by atoms with E-state index >= 15 is 0 Å². The van der Waals surface area contributed by atoms with Crippen LogP contribution < -0.4 is 5.32 Å². The SMILES string of the molecule is ClCCCCNc1ncc(Cl)cc1Br. The molecule has 1 aromatic heterocycles.